The molecule has 0 aromatic heterocycles. The molecule has 0 saturated heterocycles. The average Bonchev–Trinajstić information content (AvgIpc) is 1.91. The number of nitriles is 1. The second-order valence-corrected chi connectivity index (χ2v) is 1.15. The molecule has 0 fully saturated rings. The third-order valence-corrected chi connectivity index (χ3v) is 0.611. The highest BCUT2D eigenvalue weighted by molar-refractivity contribution is 6.46. The smallest absolute Gasteiger partial charge is 0.290 e. The highest BCUT2D eigenvalue weighted by atomic mass is 16.4. The lowest BCUT2D eigenvalue weighted by molar-refractivity contribution is -0.120. The normalized spacial score (nSPS) is 9.70. The Kier molecular flexibility index (Phi) is 3.26. The van der Waals surface area contributed by atoms with Crippen LogP contribution >= 0.6 is 0 Å². The van der Waals surface area contributed by atoms with Gasteiger partial charge in [-0.25, -0.2) is 0 Å². The van der Waals surface area contributed by atoms with Gasteiger partial charge >= 0.3 is 0 Å². The number of nitrogens with one attached hydrogen (secondary N) is 1. The molecule has 0 radical (unpaired) electrons. The van der Waals surface area contributed by atoms with Crippen LogP contribution in [0.2, 0.25) is 0 Å². The van der Waals surface area contributed by atoms with Gasteiger partial charge in [0.25, 0.3) is 5.91 Å². The second-order valence-electron chi connectivity index (χ2n) is 1.15. The molecule has 0 aromatic carbocycles. The summed E-state index contributed by atoms with van der Waals surface area (Å²) in [7, 11) is 0. The van der Waals surface area contributed by atoms with E-state index in [-0.39, 0.29) is 6.41 Å². The first-order chi connectivity index (χ1) is 4.76. The Bertz CT molecular complexity index is 214. The number of imide groups is 1. The maximum atomic E-state index is 10.3. The van der Waals surface area contributed by atoms with Gasteiger partial charge in [0.05, 0.1) is 0 Å². The zero-order chi connectivity index (χ0) is 7.98. The van der Waals surface area contributed by atoms with Crippen molar-refractivity contribution in [2.75, 3.05) is 0 Å². The van der Waals surface area contributed by atoms with Crippen molar-refractivity contribution >= 4 is 18.0 Å². The lowest BCUT2D eigenvalue weighted by atomic mass is 10.4. The summed E-state index contributed by atoms with van der Waals surface area (Å²) in [4.78, 5) is 19.9. The molecule has 0 aliphatic rings. The first kappa shape index (κ1) is 8.10. The van der Waals surface area contributed by atoms with Gasteiger partial charge in [-0.2, -0.15) is 5.26 Å². The van der Waals surface area contributed by atoms with Crippen molar-refractivity contribution in [1.29, 1.82) is 5.26 Å². The van der Waals surface area contributed by atoms with E-state index in [0.29, 0.717) is 0 Å². The Morgan fingerprint density at radius 2 is 2.40 bits per heavy atom. The zero-order valence-corrected chi connectivity index (χ0v) is 4.74. The number of hydrogen-bond donors (Lipinski definition) is 2. The van der Waals surface area contributed by atoms with E-state index in [1.165, 1.54) is 6.07 Å². The molecular formula is C4H3N3O3. The van der Waals surface area contributed by atoms with E-state index in [2.05, 4.69) is 5.16 Å². The van der Waals surface area contributed by atoms with Gasteiger partial charge in [-0.05, 0) is 0 Å². The number of amides is 2. The summed E-state index contributed by atoms with van der Waals surface area (Å²) in [6, 6.07) is 1.27. The van der Waals surface area contributed by atoms with Crippen molar-refractivity contribution in [2.45, 2.75) is 0 Å². The molecule has 0 aromatic rings. The van der Waals surface area contributed by atoms with Gasteiger partial charge in [0.2, 0.25) is 12.1 Å². The second kappa shape index (κ2) is 4.03. The van der Waals surface area contributed by atoms with Crippen LogP contribution in [0.25, 0.3) is 0 Å². The molecule has 0 rings (SSSR count). The monoisotopic (exact) mass is 141 g/mol. The summed E-state index contributed by atoms with van der Waals surface area (Å²) in [5.41, 5.74) is -0.757. The summed E-state index contributed by atoms with van der Waals surface area (Å²) in [6.45, 7) is 0. The number of rotatable bonds is 2. The van der Waals surface area contributed by atoms with Gasteiger partial charge in [0.1, 0.15) is 6.07 Å². The average molecular weight is 141 g/mol. The molecule has 0 aliphatic carbocycles. The van der Waals surface area contributed by atoms with Crippen LogP contribution in [-0.2, 0) is 9.59 Å². The van der Waals surface area contributed by atoms with Crippen LogP contribution in [0.15, 0.2) is 5.16 Å². The first-order valence-corrected chi connectivity index (χ1v) is 2.13. The van der Waals surface area contributed by atoms with Crippen molar-refractivity contribution in [3.05, 3.63) is 0 Å². The molecule has 2 N–H and O–H groups in total. The zero-order valence-electron chi connectivity index (χ0n) is 4.74. The van der Waals surface area contributed by atoms with Crippen molar-refractivity contribution in [2.24, 2.45) is 5.16 Å². The van der Waals surface area contributed by atoms with Crippen molar-refractivity contribution in [3.8, 4) is 6.07 Å². The summed E-state index contributed by atoms with van der Waals surface area (Å²) in [5, 5.41) is 19.8. The molecule has 2 amide bonds. The van der Waals surface area contributed by atoms with Crippen LogP contribution in [0.3, 0.4) is 0 Å². The lowest BCUT2D eigenvalue weighted by Gasteiger charge is -1.88. The number of oxime groups is 1. The summed E-state index contributed by atoms with van der Waals surface area (Å²) in [6.07, 6.45) is 0.0881. The van der Waals surface area contributed by atoms with Crippen LogP contribution in [0.1, 0.15) is 0 Å². The fourth-order valence-corrected chi connectivity index (χ4v) is 0.240. The van der Waals surface area contributed by atoms with Crippen LogP contribution in [-0.4, -0.2) is 23.2 Å². The molecule has 52 valence electrons. The van der Waals surface area contributed by atoms with E-state index >= 15 is 0 Å². The van der Waals surface area contributed by atoms with Crippen LogP contribution in [0, 0.1) is 11.3 Å². The van der Waals surface area contributed by atoms with Crippen LogP contribution in [0.4, 0.5) is 0 Å². The SMILES string of the molecule is N#C/C(=N\O)C(=O)NC=O. The minimum atomic E-state index is -1.03. The molecule has 6 heteroatoms. The molecule has 0 bridgehead atoms. The van der Waals surface area contributed by atoms with Crippen molar-refractivity contribution < 1.29 is 14.8 Å². The molecule has 6 nitrogen and oxygen atoms in total. The minimum absolute atomic E-state index is 0.0881. The van der Waals surface area contributed by atoms with Gasteiger partial charge < -0.3 is 5.21 Å². The van der Waals surface area contributed by atoms with Gasteiger partial charge in [-0.3, -0.25) is 14.9 Å². The predicted octanol–water partition coefficient (Wildman–Crippen LogP) is -1.39. The van der Waals surface area contributed by atoms with E-state index in [1.807, 2.05) is 0 Å². The fraction of sp³-hybridized carbons (Fsp3) is 0. The molecule has 0 unspecified atom stereocenters. The summed E-state index contributed by atoms with van der Waals surface area (Å²) in [5.74, 6) is -1.03. The van der Waals surface area contributed by atoms with Crippen LogP contribution in [0.5, 0.6) is 0 Å². The Morgan fingerprint density at radius 3 is 2.70 bits per heavy atom. The van der Waals surface area contributed by atoms with Gasteiger partial charge in [-0.15, -0.1) is 0 Å². The van der Waals surface area contributed by atoms with Crippen molar-refractivity contribution in [3.63, 3.8) is 0 Å². The van der Waals surface area contributed by atoms with E-state index in [0.717, 1.165) is 0 Å². The maximum absolute atomic E-state index is 10.3. The summed E-state index contributed by atoms with van der Waals surface area (Å²) < 4.78 is 0. The van der Waals surface area contributed by atoms with Gasteiger partial charge in [-0.1, -0.05) is 5.16 Å². The Labute approximate surface area is 55.7 Å². The topological polar surface area (TPSA) is 103 Å². The predicted molar refractivity (Wildman–Crippen MR) is 29.0 cm³/mol. The number of hydrogen-bond acceptors (Lipinski definition) is 5. The van der Waals surface area contributed by atoms with E-state index < -0.39 is 11.6 Å². The van der Waals surface area contributed by atoms with Crippen LogP contribution < -0.4 is 5.32 Å². The molecule has 0 heterocycles. The standard InChI is InChI=1S/C4H3N3O3/c5-1-3(7-10)4(9)6-2-8/h2,10H,(H,6,8,9)/b7-3+. The Balaban J connectivity index is 4.21. The van der Waals surface area contributed by atoms with Gasteiger partial charge in [0.15, 0.2) is 0 Å². The minimum Gasteiger partial charge on any atom is -0.410 e. The molecular weight excluding hydrogens is 138 g/mol. The quantitative estimate of drug-likeness (QED) is 0.214. The lowest BCUT2D eigenvalue weighted by Crippen LogP contribution is -2.28. The van der Waals surface area contributed by atoms with Crippen molar-refractivity contribution in [1.82, 2.24) is 5.32 Å². The number of carbonyl (C=O) groups is 2. The Hall–Kier alpha value is -1.90. The Morgan fingerprint density at radius 1 is 1.80 bits per heavy atom. The molecule has 0 spiro atoms. The third kappa shape index (κ3) is 1.92. The summed E-state index contributed by atoms with van der Waals surface area (Å²) >= 11 is 0. The number of nitrogens with zero attached hydrogens (tertiary/aromatic N) is 2. The molecule has 0 aliphatic heterocycles. The largest absolute Gasteiger partial charge is 0.410 e. The van der Waals surface area contributed by atoms with Gasteiger partial charge in [0, 0.05) is 0 Å². The third-order valence-electron chi connectivity index (χ3n) is 0.611. The molecule has 0 saturated carbocycles. The molecule has 10 heavy (non-hydrogen) atoms. The highest BCUT2D eigenvalue weighted by Crippen LogP contribution is 1.72. The first-order valence-electron chi connectivity index (χ1n) is 2.13. The molecule has 0 atom stereocenters. The fourth-order valence-electron chi connectivity index (χ4n) is 0.240. The number of carbonyl (C=O) groups excluding carboxylic acids is 2. The van der Waals surface area contributed by atoms with E-state index in [1.54, 1.807) is 5.32 Å². The van der Waals surface area contributed by atoms with E-state index in [9.17, 15) is 9.59 Å². The maximum Gasteiger partial charge on any atom is 0.290 e. The highest BCUT2D eigenvalue weighted by Gasteiger charge is 2.08. The van der Waals surface area contributed by atoms with E-state index in [4.69, 9.17) is 10.5 Å².